The van der Waals surface area contributed by atoms with Crippen molar-refractivity contribution in [3.05, 3.63) is 64.7 Å². The van der Waals surface area contributed by atoms with E-state index in [1.807, 2.05) is 31.2 Å². The predicted octanol–water partition coefficient (Wildman–Crippen LogP) is 2.93. The number of amides is 1. The molecule has 0 aromatic heterocycles. The average molecular weight is 343 g/mol. The molecule has 0 aliphatic heterocycles. The van der Waals surface area contributed by atoms with E-state index < -0.39 is 18.1 Å². The topological polar surface area (TPSA) is 95.9 Å². The van der Waals surface area contributed by atoms with Gasteiger partial charge in [0.1, 0.15) is 18.4 Å². The molecule has 0 bridgehead atoms. The monoisotopic (exact) mass is 343 g/mol. The number of hydrogen-bond acceptors (Lipinski definition) is 4. The van der Waals surface area contributed by atoms with Crippen molar-refractivity contribution >= 4 is 12.1 Å². The molecule has 25 heavy (non-hydrogen) atoms. The zero-order valence-corrected chi connectivity index (χ0v) is 14.2. The number of phenols is 1. The first-order chi connectivity index (χ1) is 11.9. The van der Waals surface area contributed by atoms with Gasteiger partial charge in [0.15, 0.2) is 0 Å². The number of nitrogens with one attached hydrogen (secondary N) is 1. The van der Waals surface area contributed by atoms with E-state index in [1.165, 1.54) is 0 Å². The summed E-state index contributed by atoms with van der Waals surface area (Å²) in [6.07, 6.45) is -0.853. The number of carboxylic acids is 1. The van der Waals surface area contributed by atoms with E-state index in [-0.39, 0.29) is 18.8 Å². The number of aliphatic carboxylic acids is 1. The van der Waals surface area contributed by atoms with Gasteiger partial charge >= 0.3 is 12.1 Å². The number of alkyl carbamates (subject to hydrolysis) is 1. The van der Waals surface area contributed by atoms with Gasteiger partial charge in [-0.2, -0.15) is 0 Å². The highest BCUT2D eigenvalue weighted by molar-refractivity contribution is 5.80. The highest BCUT2D eigenvalue weighted by Gasteiger charge is 2.23. The molecule has 2 aromatic carbocycles. The summed E-state index contributed by atoms with van der Waals surface area (Å²) >= 11 is 0. The van der Waals surface area contributed by atoms with Crippen molar-refractivity contribution < 1.29 is 24.5 Å². The molecular weight excluding hydrogens is 322 g/mol. The number of phenolic OH excluding ortho intramolecular Hbond substituents is 1. The van der Waals surface area contributed by atoms with Crippen LogP contribution in [0.25, 0.3) is 0 Å². The van der Waals surface area contributed by atoms with E-state index in [2.05, 4.69) is 5.32 Å². The first kappa shape index (κ1) is 18.3. The van der Waals surface area contributed by atoms with Crippen molar-refractivity contribution in [3.63, 3.8) is 0 Å². The van der Waals surface area contributed by atoms with Crippen LogP contribution in [0.1, 0.15) is 22.3 Å². The van der Waals surface area contributed by atoms with Crippen molar-refractivity contribution in [2.45, 2.75) is 32.9 Å². The maximum Gasteiger partial charge on any atom is 0.408 e. The number of rotatable bonds is 6. The Morgan fingerprint density at radius 3 is 2.44 bits per heavy atom. The van der Waals surface area contributed by atoms with Gasteiger partial charge in [-0.05, 0) is 42.2 Å². The Balaban J connectivity index is 2.01. The number of benzene rings is 2. The molecule has 6 heteroatoms. The molecule has 1 atom stereocenters. The zero-order valence-electron chi connectivity index (χ0n) is 14.2. The van der Waals surface area contributed by atoms with Crippen LogP contribution in [-0.2, 0) is 22.6 Å². The Morgan fingerprint density at radius 2 is 1.84 bits per heavy atom. The number of carbonyl (C=O) groups excluding carboxylic acids is 1. The molecule has 0 saturated heterocycles. The highest BCUT2D eigenvalue weighted by Crippen LogP contribution is 2.24. The van der Waals surface area contributed by atoms with E-state index in [0.29, 0.717) is 5.56 Å². The van der Waals surface area contributed by atoms with Crippen molar-refractivity contribution in [1.82, 2.24) is 5.32 Å². The minimum atomic E-state index is -1.20. The lowest BCUT2D eigenvalue weighted by Crippen LogP contribution is -2.42. The summed E-state index contributed by atoms with van der Waals surface area (Å²) in [5, 5.41) is 21.7. The second-order valence-electron chi connectivity index (χ2n) is 5.88. The van der Waals surface area contributed by atoms with E-state index in [0.717, 1.165) is 16.7 Å². The first-order valence-corrected chi connectivity index (χ1v) is 7.86. The van der Waals surface area contributed by atoms with E-state index >= 15 is 0 Å². The fraction of sp³-hybridized carbons (Fsp3) is 0.263. The molecule has 132 valence electrons. The van der Waals surface area contributed by atoms with Crippen LogP contribution < -0.4 is 5.32 Å². The maximum atomic E-state index is 11.9. The molecule has 1 unspecified atom stereocenters. The van der Waals surface area contributed by atoms with E-state index in [9.17, 15) is 19.8 Å². The Bertz CT molecular complexity index is 735. The number of aromatic hydroxyl groups is 1. The van der Waals surface area contributed by atoms with Crippen LogP contribution in [0, 0.1) is 13.8 Å². The van der Waals surface area contributed by atoms with Gasteiger partial charge in [-0.3, -0.25) is 0 Å². The van der Waals surface area contributed by atoms with Crippen LogP contribution in [0.5, 0.6) is 5.75 Å². The van der Waals surface area contributed by atoms with Crippen molar-refractivity contribution in [2.75, 3.05) is 0 Å². The van der Waals surface area contributed by atoms with Crippen LogP contribution in [0.4, 0.5) is 4.79 Å². The van der Waals surface area contributed by atoms with E-state index in [1.54, 1.807) is 25.1 Å². The minimum Gasteiger partial charge on any atom is -0.508 e. The molecule has 1 amide bonds. The third-order valence-electron chi connectivity index (χ3n) is 3.80. The van der Waals surface area contributed by atoms with Crippen molar-refractivity contribution in [2.24, 2.45) is 0 Å². The molecule has 3 N–H and O–H groups in total. The van der Waals surface area contributed by atoms with Crippen molar-refractivity contribution in [3.8, 4) is 5.75 Å². The van der Waals surface area contributed by atoms with Gasteiger partial charge in [0, 0.05) is 6.42 Å². The largest absolute Gasteiger partial charge is 0.508 e. The van der Waals surface area contributed by atoms with Crippen LogP contribution in [0.15, 0.2) is 42.5 Å². The molecule has 0 heterocycles. The summed E-state index contributed by atoms with van der Waals surface area (Å²) < 4.78 is 5.05. The third-order valence-corrected chi connectivity index (χ3v) is 3.80. The second kappa shape index (κ2) is 8.19. The Labute approximate surface area is 146 Å². The maximum absolute atomic E-state index is 11.9. The summed E-state index contributed by atoms with van der Waals surface area (Å²) in [5.74, 6) is -1.18. The molecule has 0 fully saturated rings. The van der Waals surface area contributed by atoms with Crippen LogP contribution >= 0.6 is 0 Å². The van der Waals surface area contributed by atoms with Crippen LogP contribution in [-0.4, -0.2) is 28.3 Å². The molecule has 2 rings (SSSR count). The van der Waals surface area contributed by atoms with Gasteiger partial charge in [-0.15, -0.1) is 0 Å². The summed E-state index contributed by atoms with van der Waals surface area (Å²) in [4.78, 5) is 23.3. The lowest BCUT2D eigenvalue weighted by atomic mass is 9.98. The molecule has 2 aromatic rings. The Kier molecular flexibility index (Phi) is 6.00. The third kappa shape index (κ3) is 5.24. The number of aryl methyl sites for hydroxylation is 2. The number of hydrogen-bond donors (Lipinski definition) is 3. The number of ether oxygens (including phenoxy) is 1. The van der Waals surface area contributed by atoms with Gasteiger partial charge in [-0.1, -0.05) is 36.4 Å². The van der Waals surface area contributed by atoms with Gasteiger partial charge in [0.05, 0.1) is 0 Å². The van der Waals surface area contributed by atoms with Gasteiger partial charge in [-0.25, -0.2) is 9.59 Å². The fourth-order valence-electron chi connectivity index (χ4n) is 2.55. The predicted molar refractivity (Wildman–Crippen MR) is 92.5 cm³/mol. The summed E-state index contributed by atoms with van der Waals surface area (Å²) in [5.41, 5.74) is 2.93. The quantitative estimate of drug-likeness (QED) is 0.749. The molecular formula is C19H21NO5. The molecule has 0 saturated carbocycles. The van der Waals surface area contributed by atoms with Gasteiger partial charge in [0.2, 0.25) is 0 Å². The Hall–Kier alpha value is -3.02. The lowest BCUT2D eigenvalue weighted by molar-refractivity contribution is -0.139. The number of carbonyl (C=O) groups is 2. The SMILES string of the molecule is Cc1cc(C)c(CC(NC(=O)OCc2ccccc2)C(=O)O)c(O)c1. The van der Waals surface area contributed by atoms with E-state index in [4.69, 9.17) is 4.74 Å². The average Bonchev–Trinajstić information content (AvgIpc) is 2.55. The van der Waals surface area contributed by atoms with Crippen LogP contribution in [0.2, 0.25) is 0 Å². The van der Waals surface area contributed by atoms with Crippen molar-refractivity contribution in [1.29, 1.82) is 0 Å². The molecule has 0 aliphatic rings. The zero-order chi connectivity index (χ0) is 18.4. The standard InChI is InChI=1S/C19H21NO5/c1-12-8-13(2)15(17(21)9-12)10-16(18(22)23)20-19(24)25-11-14-6-4-3-5-7-14/h3-9,16,21H,10-11H2,1-2H3,(H,20,24)(H,22,23). The minimum absolute atomic E-state index is 0.0169. The second-order valence-corrected chi connectivity index (χ2v) is 5.88. The van der Waals surface area contributed by atoms with Crippen LogP contribution in [0.3, 0.4) is 0 Å². The fourth-order valence-corrected chi connectivity index (χ4v) is 2.55. The Morgan fingerprint density at radius 1 is 1.16 bits per heavy atom. The molecule has 0 radical (unpaired) electrons. The summed E-state index contributed by atoms with van der Waals surface area (Å²) in [7, 11) is 0. The summed E-state index contributed by atoms with van der Waals surface area (Å²) in [6.45, 7) is 3.67. The van der Waals surface area contributed by atoms with Gasteiger partial charge in [0.25, 0.3) is 0 Å². The summed E-state index contributed by atoms with van der Waals surface area (Å²) in [6, 6.07) is 11.3. The molecule has 6 nitrogen and oxygen atoms in total. The highest BCUT2D eigenvalue weighted by atomic mass is 16.5. The smallest absolute Gasteiger partial charge is 0.408 e. The normalized spacial score (nSPS) is 11.6. The first-order valence-electron chi connectivity index (χ1n) is 7.86. The molecule has 0 aliphatic carbocycles. The molecule has 0 spiro atoms. The lowest BCUT2D eigenvalue weighted by Gasteiger charge is -2.17. The van der Waals surface area contributed by atoms with Gasteiger partial charge < -0.3 is 20.3 Å². The number of carboxylic acid groups (broad SMARTS) is 1.